The molecule has 7 heteroatoms. The molecule has 1 fully saturated rings. The minimum absolute atomic E-state index is 0.0732. The number of halogens is 2. The van der Waals surface area contributed by atoms with Crippen LogP contribution in [0.4, 0.5) is 14.5 Å². The highest BCUT2D eigenvalue weighted by molar-refractivity contribution is 6.41. The maximum absolute atomic E-state index is 13.7. The topological polar surface area (TPSA) is 67.4 Å². The number of hydrazine groups is 1. The van der Waals surface area contributed by atoms with Gasteiger partial charge in [0.2, 0.25) is 0 Å². The first-order valence-corrected chi connectivity index (χ1v) is 7.87. The second kappa shape index (κ2) is 6.32. The first-order chi connectivity index (χ1) is 11.4. The summed E-state index contributed by atoms with van der Waals surface area (Å²) in [6.45, 7) is 1.76. The standard InChI is InChI=1S/C17H18F2N2O3/c1-2-24-16(23)15(22)12-7-10-5-6-17(12,9-10)21-20-14-4-3-11(18)8-13(14)19/h3-4,7-8,10,20-21H,2,5-6,9H2,1H3. The number of carbonyl (C=O) groups excluding carboxylic acids is 2. The minimum Gasteiger partial charge on any atom is -0.460 e. The van der Waals surface area contributed by atoms with Crippen LogP contribution in [0.25, 0.3) is 0 Å². The quantitative estimate of drug-likeness (QED) is 0.475. The summed E-state index contributed by atoms with van der Waals surface area (Å²) in [5, 5.41) is 0. The zero-order valence-corrected chi connectivity index (χ0v) is 13.2. The van der Waals surface area contributed by atoms with Crippen molar-refractivity contribution in [1.82, 2.24) is 5.43 Å². The van der Waals surface area contributed by atoms with Crippen molar-refractivity contribution in [2.24, 2.45) is 5.92 Å². The monoisotopic (exact) mass is 336 g/mol. The molecular formula is C17H18F2N2O3. The molecule has 24 heavy (non-hydrogen) atoms. The van der Waals surface area contributed by atoms with Crippen LogP contribution < -0.4 is 10.9 Å². The van der Waals surface area contributed by atoms with Gasteiger partial charge in [-0.1, -0.05) is 6.08 Å². The van der Waals surface area contributed by atoms with Crippen LogP contribution in [0.2, 0.25) is 0 Å². The van der Waals surface area contributed by atoms with Gasteiger partial charge in [0.05, 0.1) is 17.8 Å². The van der Waals surface area contributed by atoms with E-state index in [1.807, 2.05) is 0 Å². The molecule has 128 valence electrons. The number of fused-ring (bicyclic) bond motifs is 2. The highest BCUT2D eigenvalue weighted by Gasteiger charge is 2.50. The number of hydrogen-bond acceptors (Lipinski definition) is 5. The number of esters is 1. The fourth-order valence-corrected chi connectivity index (χ4v) is 3.42. The van der Waals surface area contributed by atoms with Crippen molar-refractivity contribution in [2.45, 2.75) is 31.7 Å². The van der Waals surface area contributed by atoms with Crippen LogP contribution in [0.5, 0.6) is 0 Å². The maximum atomic E-state index is 13.7. The van der Waals surface area contributed by atoms with E-state index in [1.54, 1.807) is 13.0 Å². The number of carbonyl (C=O) groups is 2. The summed E-state index contributed by atoms with van der Waals surface area (Å²) in [7, 11) is 0. The first-order valence-electron chi connectivity index (χ1n) is 7.87. The summed E-state index contributed by atoms with van der Waals surface area (Å²) in [6.07, 6.45) is 3.95. The molecule has 2 bridgehead atoms. The number of ketones is 1. The minimum atomic E-state index is -0.884. The van der Waals surface area contributed by atoms with Crippen LogP contribution in [0, 0.1) is 17.6 Å². The lowest BCUT2D eigenvalue weighted by Crippen LogP contribution is -2.49. The third kappa shape index (κ3) is 2.91. The summed E-state index contributed by atoms with van der Waals surface area (Å²) in [5.41, 5.74) is 5.39. The van der Waals surface area contributed by atoms with Gasteiger partial charge < -0.3 is 10.2 Å². The molecule has 1 saturated carbocycles. The SMILES string of the molecule is CCOC(=O)C(=O)C1=CC2CCC1(NNc1ccc(F)cc1F)C2. The summed E-state index contributed by atoms with van der Waals surface area (Å²) in [6, 6.07) is 3.18. The zero-order chi connectivity index (χ0) is 17.3. The van der Waals surface area contributed by atoms with E-state index in [0.717, 1.165) is 18.6 Å². The summed E-state index contributed by atoms with van der Waals surface area (Å²) >= 11 is 0. The van der Waals surface area contributed by atoms with E-state index >= 15 is 0 Å². The Balaban J connectivity index is 1.77. The Morgan fingerprint density at radius 3 is 2.83 bits per heavy atom. The number of nitrogens with one attached hydrogen (secondary N) is 2. The highest BCUT2D eigenvalue weighted by atomic mass is 19.1. The summed E-state index contributed by atoms with van der Waals surface area (Å²) < 4.78 is 31.5. The van der Waals surface area contributed by atoms with Gasteiger partial charge >= 0.3 is 5.97 Å². The second-order valence-electron chi connectivity index (χ2n) is 6.09. The van der Waals surface area contributed by atoms with Crippen LogP contribution in [-0.4, -0.2) is 23.9 Å². The normalized spacial score (nSPS) is 24.6. The predicted molar refractivity (Wildman–Crippen MR) is 82.9 cm³/mol. The van der Waals surface area contributed by atoms with Crippen molar-refractivity contribution < 1.29 is 23.1 Å². The van der Waals surface area contributed by atoms with Crippen LogP contribution in [0.15, 0.2) is 29.8 Å². The van der Waals surface area contributed by atoms with E-state index in [9.17, 15) is 18.4 Å². The molecule has 0 saturated heterocycles. The van der Waals surface area contributed by atoms with Gasteiger partial charge in [-0.3, -0.25) is 4.79 Å². The fraction of sp³-hybridized carbons (Fsp3) is 0.412. The van der Waals surface area contributed by atoms with E-state index < -0.39 is 28.9 Å². The van der Waals surface area contributed by atoms with E-state index in [0.29, 0.717) is 18.4 Å². The number of rotatable bonds is 6. The van der Waals surface area contributed by atoms with E-state index in [2.05, 4.69) is 10.9 Å². The number of anilines is 1. The van der Waals surface area contributed by atoms with Gasteiger partial charge in [-0.15, -0.1) is 0 Å². The van der Waals surface area contributed by atoms with Crippen LogP contribution in [0.3, 0.4) is 0 Å². The van der Waals surface area contributed by atoms with Crippen molar-refractivity contribution >= 4 is 17.4 Å². The Labute approximate surface area is 138 Å². The lowest BCUT2D eigenvalue weighted by molar-refractivity contribution is -0.152. The summed E-state index contributed by atoms with van der Waals surface area (Å²) in [4.78, 5) is 24.1. The lowest BCUT2D eigenvalue weighted by atomic mass is 9.87. The number of hydrogen-bond donors (Lipinski definition) is 2. The second-order valence-corrected chi connectivity index (χ2v) is 6.09. The molecule has 2 aliphatic rings. The molecule has 2 unspecified atom stereocenters. The number of allylic oxidation sites excluding steroid dienone is 1. The van der Waals surface area contributed by atoms with Gasteiger partial charge in [-0.05, 0) is 44.2 Å². The molecule has 0 heterocycles. The number of ether oxygens (including phenoxy) is 1. The van der Waals surface area contributed by atoms with Gasteiger partial charge in [0.15, 0.2) is 5.82 Å². The fourth-order valence-electron chi connectivity index (χ4n) is 3.42. The third-order valence-corrected chi connectivity index (χ3v) is 4.54. The molecule has 0 spiro atoms. The van der Waals surface area contributed by atoms with Crippen molar-refractivity contribution in [3.05, 3.63) is 41.5 Å². The molecule has 0 aliphatic heterocycles. The van der Waals surface area contributed by atoms with Gasteiger partial charge in [0, 0.05) is 11.6 Å². The van der Waals surface area contributed by atoms with Crippen molar-refractivity contribution in [2.75, 3.05) is 12.0 Å². The molecule has 0 radical (unpaired) electrons. The smallest absolute Gasteiger partial charge is 0.379 e. The van der Waals surface area contributed by atoms with Gasteiger partial charge in [-0.2, -0.15) is 0 Å². The van der Waals surface area contributed by atoms with Crippen molar-refractivity contribution in [1.29, 1.82) is 0 Å². The Morgan fingerprint density at radius 1 is 1.38 bits per heavy atom. The van der Waals surface area contributed by atoms with E-state index in [-0.39, 0.29) is 18.2 Å². The average Bonchev–Trinajstić information content (AvgIpc) is 3.12. The van der Waals surface area contributed by atoms with Crippen molar-refractivity contribution in [3.8, 4) is 0 Å². The Kier molecular flexibility index (Phi) is 4.36. The van der Waals surface area contributed by atoms with Crippen LogP contribution >= 0.6 is 0 Å². The molecule has 5 nitrogen and oxygen atoms in total. The molecule has 2 aliphatic carbocycles. The van der Waals surface area contributed by atoms with Crippen LogP contribution in [-0.2, 0) is 14.3 Å². The van der Waals surface area contributed by atoms with Crippen LogP contribution in [0.1, 0.15) is 26.2 Å². The molecule has 0 amide bonds. The number of Topliss-reactive ketones (excluding diaryl/α,β-unsaturated/α-hetero) is 1. The molecule has 2 atom stereocenters. The first kappa shape index (κ1) is 16.6. The molecule has 1 aromatic carbocycles. The summed E-state index contributed by atoms with van der Waals surface area (Å²) in [5.74, 6) is -2.77. The largest absolute Gasteiger partial charge is 0.460 e. The molecule has 0 aromatic heterocycles. The Bertz CT molecular complexity index is 720. The molecule has 2 N–H and O–H groups in total. The Morgan fingerprint density at radius 2 is 2.17 bits per heavy atom. The zero-order valence-electron chi connectivity index (χ0n) is 13.2. The molecule has 3 rings (SSSR count). The maximum Gasteiger partial charge on any atom is 0.379 e. The molecular weight excluding hydrogens is 318 g/mol. The third-order valence-electron chi connectivity index (χ3n) is 4.54. The van der Waals surface area contributed by atoms with Crippen molar-refractivity contribution in [3.63, 3.8) is 0 Å². The van der Waals surface area contributed by atoms with Gasteiger partial charge in [-0.25, -0.2) is 19.0 Å². The molecule has 1 aromatic rings. The number of benzene rings is 1. The Hall–Kier alpha value is -2.28. The average molecular weight is 336 g/mol. The lowest BCUT2D eigenvalue weighted by Gasteiger charge is -2.31. The van der Waals surface area contributed by atoms with E-state index in [1.165, 1.54) is 6.07 Å². The predicted octanol–water partition coefficient (Wildman–Crippen LogP) is 2.49. The van der Waals surface area contributed by atoms with E-state index in [4.69, 9.17) is 4.74 Å². The van der Waals surface area contributed by atoms with Gasteiger partial charge in [0.25, 0.3) is 5.78 Å². The highest BCUT2D eigenvalue weighted by Crippen LogP contribution is 2.47. The van der Waals surface area contributed by atoms with Gasteiger partial charge in [0.1, 0.15) is 5.82 Å².